The van der Waals surface area contributed by atoms with E-state index in [0.29, 0.717) is 6.42 Å². The molecule has 0 spiro atoms. The number of rotatable bonds is 55. The highest BCUT2D eigenvalue weighted by molar-refractivity contribution is 6.05. The van der Waals surface area contributed by atoms with Crippen LogP contribution in [0.4, 0.5) is 0 Å². The summed E-state index contributed by atoms with van der Waals surface area (Å²) < 4.78 is 0. The summed E-state index contributed by atoms with van der Waals surface area (Å²) in [6.07, 6.45) is -1.51. The first-order valence-corrected chi connectivity index (χ1v) is 44.7. The Morgan fingerprint density at radius 2 is 0.634 bits per heavy atom. The minimum Gasteiger partial charge on any atom is -0.394 e. The van der Waals surface area contributed by atoms with E-state index in [9.17, 15) is 121 Å². The first-order chi connectivity index (χ1) is 61.0. The average molecular weight is 1910 g/mol. The molecule has 0 aromatic carbocycles. The number of amides is 22. The highest BCUT2D eigenvalue weighted by atomic mass is 16.3. The molecule has 27 N–H and O–H groups in total. The SMILES string of the molecule is CC[C@H](C)[C@H](NC(=O)C(C)(C)NC(=O)C(C)(C)NC(=O)[C@H](CO)NC(=O)C(C)(C)NC(C)=O)C(=O)N[C@@H](CCC(N)=O)C(=O)NC(C)(C)C(=O)NC(C)(C)C(=O)NC(C)(C)C(=O)N[C@@H](CO)C(=O)N[C@@H](CC(C)C)C(=O)NC(C)(C)C(=O)N1CCC[C@H]1C(=O)N[C@H](C(=O)NC(C)(C)C(=O)NC(C)(C)C(=O)N[C@@H](CCC(N)=O)C(=O)N[C@@H](CCC(N)=O)C(=O)N[C@H](CO)CC(C)C)C(C)C. The normalized spacial score (nSPS) is 15.6. The molecular formula is C87H152N22O25. The average Bonchev–Trinajstić information content (AvgIpc) is 1.56. The van der Waals surface area contributed by atoms with Crippen LogP contribution in [0.5, 0.6) is 0 Å². The zero-order chi connectivity index (χ0) is 104. The number of nitrogens with zero attached hydrogens (tertiary/aromatic N) is 1. The Hall–Kier alpha value is -11.8. The van der Waals surface area contributed by atoms with Crippen molar-refractivity contribution in [2.24, 2.45) is 40.9 Å². The monoisotopic (exact) mass is 1910 g/mol. The highest BCUT2D eigenvalue weighted by Crippen LogP contribution is 2.25. The lowest BCUT2D eigenvalue weighted by Crippen LogP contribution is -2.68. The van der Waals surface area contributed by atoms with Crippen LogP contribution in [-0.4, -0.2) is 287 Å². The number of hydrogen-bond donors (Lipinski definition) is 24. The fourth-order valence-corrected chi connectivity index (χ4v) is 13.4. The van der Waals surface area contributed by atoms with Gasteiger partial charge >= 0.3 is 0 Å². The van der Waals surface area contributed by atoms with E-state index >= 15 is 0 Å². The number of carbonyl (C=O) groups is 22. The summed E-state index contributed by atoms with van der Waals surface area (Å²) in [5.41, 5.74) is -0.408. The van der Waals surface area contributed by atoms with Crippen LogP contribution in [0.15, 0.2) is 0 Å². The summed E-state index contributed by atoms with van der Waals surface area (Å²) in [7, 11) is 0. The fraction of sp³-hybridized carbons (Fsp3) is 0.747. The summed E-state index contributed by atoms with van der Waals surface area (Å²) in [5.74, 6) is -21.7. The molecule has 1 heterocycles. The van der Waals surface area contributed by atoms with Crippen molar-refractivity contribution in [2.45, 2.75) is 368 Å². The Balaban J connectivity index is 3.33. The van der Waals surface area contributed by atoms with Crippen molar-refractivity contribution < 1.29 is 121 Å². The molecule has 760 valence electrons. The van der Waals surface area contributed by atoms with Gasteiger partial charge in [0.25, 0.3) is 0 Å². The van der Waals surface area contributed by atoms with E-state index in [0.717, 1.165) is 0 Å². The molecule has 0 bridgehead atoms. The molecule has 0 saturated carbocycles. The van der Waals surface area contributed by atoms with E-state index in [4.69, 9.17) is 17.2 Å². The van der Waals surface area contributed by atoms with Gasteiger partial charge in [0.05, 0.1) is 25.9 Å². The molecular weight excluding hydrogens is 1750 g/mol. The molecule has 47 heteroatoms. The Kier molecular flexibility index (Phi) is 45.3. The third kappa shape index (κ3) is 37.9. The zero-order valence-electron chi connectivity index (χ0n) is 82.7. The zero-order valence-corrected chi connectivity index (χ0v) is 82.7. The van der Waals surface area contributed by atoms with Crippen molar-refractivity contribution in [2.75, 3.05) is 26.4 Å². The summed E-state index contributed by atoms with van der Waals surface area (Å²) in [6.45, 7) is 35.3. The standard InChI is InChI=1S/C87H152N22O25/c1-28-46(8)60(99-73(129)82(16,17)106-74(130)84(20,21)102-66(122)54(42-112)97-70(126)79(10,11)100-47(9)113)68(124)93-51(33-36-58(90)116)64(120)101-83(18,19)75(131)108-86(24,25)77(133)107-81(14,15)72(128)96-53(41-111)63(119)94-52(39-44(4)5)65(121)103-87(26,27)78(134)109-37-29-30-55(109)67(123)98-59(45(6)7)69(125)104-85(22,23)76(132)105-80(12,13)71(127)95-50(32-35-57(89)115)62(118)92-49(31-34-56(88)114)61(117)91-48(40-110)38-43(2)3/h43-46,48-55,59-60,110-112H,28-42H2,1-27H3,(H2,88,114)(H2,89,115)(H2,90,116)(H,91,117)(H,92,118)(H,93,124)(H,94,119)(H,95,127)(H,96,128)(H,97,126)(H,98,123)(H,99,129)(H,100,113)(H,101,120)(H,102,122)(H,103,121)(H,104,125)(H,105,132)(H,106,130)(H,107,133)(H,108,131)/t46-,48-,49-,50-,51-,52-,53-,54-,55-,59-,60-/m0/s1. The van der Waals surface area contributed by atoms with Gasteiger partial charge in [-0.2, -0.15) is 0 Å². The van der Waals surface area contributed by atoms with E-state index in [1.165, 1.54) is 136 Å². The van der Waals surface area contributed by atoms with E-state index < -0.39 is 291 Å². The number of nitrogens with one attached hydrogen (secondary N) is 18. The summed E-state index contributed by atoms with van der Waals surface area (Å²) >= 11 is 0. The van der Waals surface area contributed by atoms with Crippen molar-refractivity contribution >= 4 is 130 Å². The van der Waals surface area contributed by atoms with Gasteiger partial charge in [-0.25, -0.2) is 0 Å². The maximum atomic E-state index is 14.6. The molecule has 0 unspecified atom stereocenters. The number of hydrogen-bond acceptors (Lipinski definition) is 25. The molecule has 1 aliphatic rings. The van der Waals surface area contributed by atoms with Crippen LogP contribution in [-0.2, 0) is 105 Å². The summed E-state index contributed by atoms with van der Waals surface area (Å²) in [6, 6.07) is -14.2. The Bertz CT molecular complexity index is 4290. The van der Waals surface area contributed by atoms with Crippen LogP contribution >= 0.6 is 0 Å². The Morgan fingerprint density at radius 1 is 0.328 bits per heavy atom. The minimum absolute atomic E-state index is 0.00101. The van der Waals surface area contributed by atoms with Gasteiger partial charge in [0.2, 0.25) is 130 Å². The second-order valence-electron chi connectivity index (χ2n) is 40.1. The van der Waals surface area contributed by atoms with Gasteiger partial charge in [0.15, 0.2) is 0 Å². The van der Waals surface area contributed by atoms with Gasteiger partial charge < -0.3 is 133 Å². The van der Waals surface area contributed by atoms with Crippen LogP contribution in [0.2, 0.25) is 0 Å². The number of likely N-dealkylation sites (tertiary alicyclic amines) is 1. The molecule has 22 amide bonds. The fourth-order valence-electron chi connectivity index (χ4n) is 13.4. The van der Waals surface area contributed by atoms with Crippen LogP contribution < -0.4 is 113 Å². The van der Waals surface area contributed by atoms with E-state index in [1.807, 2.05) is 13.8 Å². The first kappa shape index (κ1) is 120. The van der Waals surface area contributed by atoms with Crippen molar-refractivity contribution in [1.82, 2.24) is 101 Å². The molecule has 1 fully saturated rings. The predicted molar refractivity (Wildman–Crippen MR) is 488 cm³/mol. The van der Waals surface area contributed by atoms with Crippen molar-refractivity contribution in [1.29, 1.82) is 0 Å². The van der Waals surface area contributed by atoms with Crippen molar-refractivity contribution in [3.05, 3.63) is 0 Å². The second kappa shape index (κ2) is 50.5. The van der Waals surface area contributed by atoms with Crippen molar-refractivity contribution in [3.63, 3.8) is 0 Å². The molecule has 1 saturated heterocycles. The van der Waals surface area contributed by atoms with E-state index in [-0.39, 0.29) is 63.3 Å². The van der Waals surface area contributed by atoms with Gasteiger partial charge in [-0.3, -0.25) is 105 Å². The number of aliphatic hydroxyl groups excluding tert-OH is 3. The topological polar surface area (TPSA) is 734 Å². The Morgan fingerprint density at radius 3 is 1.01 bits per heavy atom. The smallest absolute Gasteiger partial charge is 0.248 e. The molecule has 0 aliphatic carbocycles. The van der Waals surface area contributed by atoms with Crippen LogP contribution in [0.3, 0.4) is 0 Å². The highest BCUT2D eigenvalue weighted by Gasteiger charge is 2.49. The summed E-state index contributed by atoms with van der Waals surface area (Å²) in [5, 5.41) is 75.6. The number of aliphatic hydroxyl groups is 3. The molecule has 11 atom stereocenters. The van der Waals surface area contributed by atoms with Gasteiger partial charge in [-0.05, 0) is 193 Å². The number of primary amides is 3. The molecule has 134 heavy (non-hydrogen) atoms. The molecule has 1 aliphatic heterocycles. The van der Waals surface area contributed by atoms with Crippen LogP contribution in [0, 0.1) is 23.7 Å². The largest absolute Gasteiger partial charge is 0.394 e. The Labute approximate surface area is 783 Å². The molecule has 47 nitrogen and oxygen atoms in total. The summed E-state index contributed by atoms with van der Waals surface area (Å²) in [4.78, 5) is 301. The lowest BCUT2D eigenvalue weighted by atomic mass is 9.94. The van der Waals surface area contributed by atoms with Crippen molar-refractivity contribution in [3.8, 4) is 0 Å². The van der Waals surface area contributed by atoms with Gasteiger partial charge in [0, 0.05) is 32.7 Å². The van der Waals surface area contributed by atoms with Gasteiger partial charge in [-0.1, -0.05) is 61.8 Å². The van der Waals surface area contributed by atoms with Gasteiger partial charge in [-0.15, -0.1) is 0 Å². The third-order valence-corrected chi connectivity index (χ3v) is 22.1. The maximum absolute atomic E-state index is 14.6. The molecule has 1 rings (SSSR count). The third-order valence-electron chi connectivity index (χ3n) is 22.1. The predicted octanol–water partition coefficient (Wildman–Crippen LogP) is -6.02. The van der Waals surface area contributed by atoms with E-state index in [2.05, 4.69) is 95.7 Å². The maximum Gasteiger partial charge on any atom is 0.248 e. The minimum atomic E-state index is -1.97. The lowest BCUT2D eigenvalue weighted by molar-refractivity contribution is -0.146. The van der Waals surface area contributed by atoms with Gasteiger partial charge in [0.1, 0.15) is 104 Å². The molecule has 0 radical (unpaired) electrons. The number of nitrogens with two attached hydrogens (primary N) is 3. The first-order valence-electron chi connectivity index (χ1n) is 44.7. The van der Waals surface area contributed by atoms with E-state index in [1.54, 1.807) is 41.5 Å². The molecule has 0 aromatic heterocycles. The molecule has 0 aromatic rings. The van der Waals surface area contributed by atoms with Crippen LogP contribution in [0.25, 0.3) is 0 Å². The van der Waals surface area contributed by atoms with Crippen LogP contribution in [0.1, 0.15) is 258 Å². The quantitative estimate of drug-likeness (QED) is 0.0270. The number of carbonyl (C=O) groups excluding carboxylic acids is 22. The second-order valence-corrected chi connectivity index (χ2v) is 40.1. The lowest BCUT2D eigenvalue weighted by Gasteiger charge is -2.36.